The van der Waals surface area contributed by atoms with Gasteiger partial charge in [0.1, 0.15) is 0 Å². The highest BCUT2D eigenvalue weighted by atomic mass is 32.2. The van der Waals surface area contributed by atoms with Crippen LogP contribution in [0, 0.1) is 0 Å². The van der Waals surface area contributed by atoms with Gasteiger partial charge in [-0.05, 0) is 77.2 Å². The van der Waals surface area contributed by atoms with Gasteiger partial charge >= 0.3 is 0 Å². The van der Waals surface area contributed by atoms with E-state index in [1.54, 1.807) is 12.1 Å². The Kier molecular flexibility index (Phi) is 7.91. The van der Waals surface area contributed by atoms with Crippen LogP contribution in [0.2, 0.25) is 0 Å². The first-order valence-electron chi connectivity index (χ1n) is 12.4. The summed E-state index contributed by atoms with van der Waals surface area (Å²) in [5.74, 6) is 0. The Morgan fingerprint density at radius 2 is 0.902 bits per heavy atom. The topological polar surface area (TPSA) is 135 Å². The van der Waals surface area contributed by atoms with Gasteiger partial charge in [-0.1, -0.05) is 60.7 Å². The molecule has 0 saturated heterocycles. The van der Waals surface area contributed by atoms with Crippen LogP contribution in [-0.4, -0.2) is 35.9 Å². The van der Waals surface area contributed by atoms with Gasteiger partial charge in [0.05, 0.1) is 20.8 Å². The van der Waals surface area contributed by atoms with Gasteiger partial charge < -0.3 is 0 Å². The standard InChI is InChI=1S/C13H10O6S2.2C9H7N/c14-20(15,16)10-1-3-12-8(6-10)5-9-7-11(21(17,18)19)2-4-13(9)12;2*1-2-6-9-8(4-1)5-3-7-10-9/h1-4,6-7H,5H2,(H,14,15,16)(H,17,18,19);2*1-7H. The molecule has 6 aromatic rings. The Labute approximate surface area is 237 Å². The molecular weight excluding hydrogens is 560 g/mol. The molecular formula is C31H24N2O6S2. The van der Waals surface area contributed by atoms with E-state index in [1.807, 2.05) is 60.9 Å². The van der Waals surface area contributed by atoms with E-state index in [1.165, 1.54) is 35.0 Å². The number of hydrogen-bond donors (Lipinski definition) is 2. The molecule has 2 heterocycles. The first-order chi connectivity index (χ1) is 19.6. The molecule has 1 aliphatic carbocycles. The van der Waals surface area contributed by atoms with E-state index in [-0.39, 0.29) is 9.79 Å². The number of fused-ring (bicyclic) bond motifs is 5. The third-order valence-electron chi connectivity index (χ3n) is 6.44. The molecule has 0 aliphatic heterocycles. The highest BCUT2D eigenvalue weighted by molar-refractivity contribution is 7.86. The zero-order valence-corrected chi connectivity index (χ0v) is 23.1. The van der Waals surface area contributed by atoms with Crippen molar-refractivity contribution in [2.45, 2.75) is 16.2 Å². The molecule has 1 aliphatic rings. The summed E-state index contributed by atoms with van der Waals surface area (Å²) in [6.07, 6.45) is 3.95. The Morgan fingerprint density at radius 3 is 1.29 bits per heavy atom. The lowest BCUT2D eigenvalue weighted by Gasteiger charge is -2.03. The van der Waals surface area contributed by atoms with Crippen molar-refractivity contribution in [3.63, 3.8) is 0 Å². The van der Waals surface area contributed by atoms with E-state index in [4.69, 9.17) is 9.11 Å². The number of para-hydroxylation sites is 2. The Hall–Kier alpha value is -4.48. The van der Waals surface area contributed by atoms with Gasteiger partial charge in [0.25, 0.3) is 20.2 Å². The quantitative estimate of drug-likeness (QED) is 0.229. The summed E-state index contributed by atoms with van der Waals surface area (Å²) in [5, 5.41) is 2.40. The summed E-state index contributed by atoms with van der Waals surface area (Å²) in [5.41, 5.74) is 5.02. The van der Waals surface area contributed by atoms with Crippen molar-refractivity contribution in [2.24, 2.45) is 0 Å². The number of rotatable bonds is 2. The Morgan fingerprint density at radius 1 is 0.512 bits per heavy atom. The highest BCUT2D eigenvalue weighted by Gasteiger charge is 2.23. The van der Waals surface area contributed by atoms with Gasteiger partial charge in [0, 0.05) is 23.2 Å². The molecule has 0 spiro atoms. The average molecular weight is 585 g/mol. The van der Waals surface area contributed by atoms with Crippen LogP contribution in [0.4, 0.5) is 0 Å². The number of nitrogens with zero attached hydrogens (tertiary/aromatic N) is 2. The van der Waals surface area contributed by atoms with Crippen molar-refractivity contribution in [3.8, 4) is 11.1 Å². The van der Waals surface area contributed by atoms with Gasteiger partial charge in [-0.3, -0.25) is 19.1 Å². The lowest BCUT2D eigenvalue weighted by molar-refractivity contribution is 0.481. The van der Waals surface area contributed by atoms with Gasteiger partial charge in [-0.25, -0.2) is 0 Å². The molecule has 0 fully saturated rings. The van der Waals surface area contributed by atoms with Crippen LogP contribution in [0.3, 0.4) is 0 Å². The first kappa shape index (κ1) is 28.1. The van der Waals surface area contributed by atoms with Crippen molar-refractivity contribution in [1.29, 1.82) is 0 Å². The van der Waals surface area contributed by atoms with E-state index in [2.05, 4.69) is 34.2 Å². The van der Waals surface area contributed by atoms with Crippen LogP contribution < -0.4 is 0 Å². The molecule has 0 radical (unpaired) electrons. The molecule has 206 valence electrons. The summed E-state index contributed by atoms with van der Waals surface area (Å²) in [6.45, 7) is 0. The molecule has 0 amide bonds. The molecule has 4 aromatic carbocycles. The predicted molar refractivity (Wildman–Crippen MR) is 158 cm³/mol. The monoisotopic (exact) mass is 584 g/mol. The van der Waals surface area contributed by atoms with Gasteiger partial charge in [0.15, 0.2) is 0 Å². The lowest BCUT2D eigenvalue weighted by Crippen LogP contribution is -1.98. The van der Waals surface area contributed by atoms with Crippen LogP contribution >= 0.6 is 0 Å². The van der Waals surface area contributed by atoms with Gasteiger partial charge in [-0.2, -0.15) is 16.8 Å². The molecule has 41 heavy (non-hydrogen) atoms. The number of hydrogen-bond acceptors (Lipinski definition) is 6. The number of pyridine rings is 2. The Bertz CT molecular complexity index is 1810. The molecule has 0 unspecified atom stereocenters. The zero-order chi connectivity index (χ0) is 29.0. The molecule has 10 heteroatoms. The lowest BCUT2D eigenvalue weighted by atomic mass is 10.1. The SMILES string of the molecule is O=S(=O)(O)c1ccc2c(c1)Cc1cc(S(=O)(=O)O)ccc1-2.c1ccc2ncccc2c1.c1ccc2ncccc2c1. The van der Waals surface area contributed by atoms with Crippen LogP contribution in [0.5, 0.6) is 0 Å². The van der Waals surface area contributed by atoms with Crippen LogP contribution in [0.15, 0.2) is 131 Å². The average Bonchev–Trinajstić information content (AvgIpc) is 3.34. The zero-order valence-electron chi connectivity index (χ0n) is 21.5. The molecule has 8 nitrogen and oxygen atoms in total. The van der Waals surface area contributed by atoms with E-state index >= 15 is 0 Å². The van der Waals surface area contributed by atoms with Crippen molar-refractivity contribution < 1.29 is 25.9 Å². The summed E-state index contributed by atoms with van der Waals surface area (Å²) < 4.78 is 62.6. The van der Waals surface area contributed by atoms with Gasteiger partial charge in [-0.15, -0.1) is 0 Å². The maximum Gasteiger partial charge on any atom is 0.294 e. The minimum absolute atomic E-state index is 0.205. The molecule has 0 saturated carbocycles. The second kappa shape index (κ2) is 11.6. The van der Waals surface area contributed by atoms with E-state index in [9.17, 15) is 16.8 Å². The number of aromatic nitrogens is 2. The molecule has 0 bridgehead atoms. The van der Waals surface area contributed by atoms with Crippen molar-refractivity contribution in [1.82, 2.24) is 9.97 Å². The van der Waals surface area contributed by atoms with E-state index < -0.39 is 20.2 Å². The van der Waals surface area contributed by atoms with Crippen molar-refractivity contribution >= 4 is 42.0 Å². The van der Waals surface area contributed by atoms with Crippen molar-refractivity contribution in [3.05, 3.63) is 133 Å². The number of benzene rings is 4. The second-order valence-electron chi connectivity index (χ2n) is 9.16. The molecule has 0 atom stereocenters. The maximum absolute atomic E-state index is 11.1. The fraction of sp³-hybridized carbons (Fsp3) is 0.0323. The molecule has 2 N–H and O–H groups in total. The van der Waals surface area contributed by atoms with Crippen molar-refractivity contribution in [2.75, 3.05) is 0 Å². The minimum Gasteiger partial charge on any atom is -0.282 e. The normalized spacial score (nSPS) is 12.0. The summed E-state index contributed by atoms with van der Waals surface area (Å²) in [6, 6.07) is 32.6. The smallest absolute Gasteiger partial charge is 0.282 e. The molecule has 2 aromatic heterocycles. The second-order valence-corrected chi connectivity index (χ2v) is 12.0. The van der Waals surface area contributed by atoms with E-state index in [0.717, 1.165) is 22.2 Å². The van der Waals surface area contributed by atoms with Crippen LogP contribution in [0.1, 0.15) is 11.1 Å². The minimum atomic E-state index is -4.28. The predicted octanol–water partition coefficient (Wildman–Crippen LogP) is 6.22. The summed E-state index contributed by atoms with van der Waals surface area (Å²) in [7, 11) is -8.56. The van der Waals surface area contributed by atoms with Gasteiger partial charge in [0.2, 0.25) is 0 Å². The van der Waals surface area contributed by atoms with Crippen LogP contribution in [-0.2, 0) is 26.7 Å². The fourth-order valence-electron chi connectivity index (χ4n) is 4.52. The third-order valence-corrected chi connectivity index (χ3v) is 8.14. The van der Waals surface area contributed by atoms with Crippen LogP contribution in [0.25, 0.3) is 32.9 Å². The fourth-order valence-corrected chi connectivity index (χ4v) is 5.58. The molecule has 7 rings (SSSR count). The first-order valence-corrected chi connectivity index (χ1v) is 15.3. The maximum atomic E-state index is 11.1. The van der Waals surface area contributed by atoms with E-state index in [0.29, 0.717) is 17.5 Å². The summed E-state index contributed by atoms with van der Waals surface area (Å²) >= 11 is 0. The summed E-state index contributed by atoms with van der Waals surface area (Å²) in [4.78, 5) is 7.95. The largest absolute Gasteiger partial charge is 0.294 e. The Balaban J connectivity index is 0.000000139. The third kappa shape index (κ3) is 6.64. The highest BCUT2D eigenvalue weighted by Crippen LogP contribution is 2.38.